The van der Waals surface area contributed by atoms with Gasteiger partial charge in [0.15, 0.2) is 0 Å². The van der Waals surface area contributed by atoms with Crippen molar-refractivity contribution in [1.29, 1.82) is 0 Å². The fourth-order valence-corrected chi connectivity index (χ4v) is 2.79. The molecule has 0 unspecified atom stereocenters. The van der Waals surface area contributed by atoms with Gasteiger partial charge in [0.2, 0.25) is 0 Å². The largest absolute Gasteiger partial charge is 0.444 e. The van der Waals surface area contributed by atoms with E-state index in [-0.39, 0.29) is 17.8 Å². The standard InChI is InChI=1S/C16H20BrF3N2O2/c1-15(2,3)24-14(23)22-11-7-10(8-11)21-13-6-9(17)4-5-12(13)16(18,19)20/h4-6,10-11,21H,7-8H2,1-3H3,(H,22,23). The number of hydrogen-bond donors (Lipinski definition) is 2. The molecule has 134 valence electrons. The summed E-state index contributed by atoms with van der Waals surface area (Å²) in [5.74, 6) is 0. The van der Waals surface area contributed by atoms with Crippen LogP contribution in [0.15, 0.2) is 22.7 Å². The summed E-state index contributed by atoms with van der Waals surface area (Å²) >= 11 is 3.18. The zero-order valence-corrected chi connectivity index (χ0v) is 15.2. The van der Waals surface area contributed by atoms with E-state index in [0.717, 1.165) is 6.07 Å². The van der Waals surface area contributed by atoms with Crippen molar-refractivity contribution in [2.75, 3.05) is 5.32 Å². The molecule has 1 aromatic carbocycles. The second-order valence-corrected chi connectivity index (χ2v) is 7.76. The van der Waals surface area contributed by atoms with Crippen LogP contribution in [-0.4, -0.2) is 23.8 Å². The maximum absolute atomic E-state index is 13.0. The lowest BCUT2D eigenvalue weighted by Gasteiger charge is -2.37. The molecular weight excluding hydrogens is 389 g/mol. The Balaban J connectivity index is 1.90. The number of alkyl carbamates (subject to hydrolysis) is 1. The Hall–Kier alpha value is -1.44. The van der Waals surface area contributed by atoms with Crippen LogP contribution in [0.1, 0.15) is 39.2 Å². The minimum Gasteiger partial charge on any atom is -0.444 e. The van der Waals surface area contributed by atoms with Crippen molar-refractivity contribution in [3.63, 3.8) is 0 Å². The number of amides is 1. The minimum absolute atomic E-state index is 0.0394. The van der Waals surface area contributed by atoms with Crippen LogP contribution >= 0.6 is 15.9 Å². The summed E-state index contributed by atoms with van der Waals surface area (Å²) in [5, 5.41) is 5.62. The van der Waals surface area contributed by atoms with Crippen LogP contribution in [0.2, 0.25) is 0 Å². The maximum atomic E-state index is 13.0. The third-order valence-electron chi connectivity index (χ3n) is 3.51. The van der Waals surface area contributed by atoms with E-state index >= 15 is 0 Å². The van der Waals surface area contributed by atoms with Crippen molar-refractivity contribution in [3.05, 3.63) is 28.2 Å². The maximum Gasteiger partial charge on any atom is 0.418 e. The Kier molecular flexibility index (Phi) is 5.37. The first-order valence-electron chi connectivity index (χ1n) is 7.57. The predicted molar refractivity (Wildman–Crippen MR) is 88.9 cm³/mol. The van der Waals surface area contributed by atoms with E-state index in [9.17, 15) is 18.0 Å². The van der Waals surface area contributed by atoms with E-state index in [1.807, 2.05) is 0 Å². The van der Waals surface area contributed by atoms with Crippen LogP contribution in [0.25, 0.3) is 0 Å². The van der Waals surface area contributed by atoms with Gasteiger partial charge in [0.05, 0.1) is 5.56 Å². The number of carbonyl (C=O) groups is 1. The number of benzene rings is 1. The Bertz CT molecular complexity index is 608. The molecule has 0 radical (unpaired) electrons. The van der Waals surface area contributed by atoms with Crippen molar-refractivity contribution in [2.45, 2.75) is 57.5 Å². The third kappa shape index (κ3) is 5.29. The molecule has 1 saturated carbocycles. The normalized spacial score (nSPS) is 21.0. The van der Waals surface area contributed by atoms with E-state index in [1.165, 1.54) is 12.1 Å². The molecule has 0 spiro atoms. The summed E-state index contributed by atoms with van der Waals surface area (Å²) < 4.78 is 44.8. The van der Waals surface area contributed by atoms with Crippen molar-refractivity contribution < 1.29 is 22.7 Å². The summed E-state index contributed by atoms with van der Waals surface area (Å²) in [4.78, 5) is 11.6. The molecule has 24 heavy (non-hydrogen) atoms. The number of nitrogens with one attached hydrogen (secondary N) is 2. The Morgan fingerprint density at radius 1 is 1.21 bits per heavy atom. The number of rotatable bonds is 3. The van der Waals surface area contributed by atoms with Gasteiger partial charge in [-0.05, 0) is 51.8 Å². The number of carbonyl (C=O) groups excluding carboxylic acids is 1. The molecule has 0 aromatic heterocycles. The van der Waals surface area contributed by atoms with Crippen molar-refractivity contribution in [3.8, 4) is 0 Å². The van der Waals surface area contributed by atoms with Crippen LogP contribution in [-0.2, 0) is 10.9 Å². The third-order valence-corrected chi connectivity index (χ3v) is 4.00. The Labute approximate surface area is 147 Å². The zero-order chi connectivity index (χ0) is 18.1. The fourth-order valence-electron chi connectivity index (χ4n) is 2.43. The zero-order valence-electron chi connectivity index (χ0n) is 13.6. The molecule has 0 heterocycles. The molecule has 8 heteroatoms. The van der Waals surface area contributed by atoms with E-state index in [1.54, 1.807) is 20.8 Å². The predicted octanol–water partition coefficient (Wildman–Crippen LogP) is 4.94. The highest BCUT2D eigenvalue weighted by atomic mass is 79.9. The van der Waals surface area contributed by atoms with Crippen molar-refractivity contribution in [2.24, 2.45) is 0 Å². The number of alkyl halides is 3. The molecule has 2 N–H and O–H groups in total. The van der Waals surface area contributed by atoms with Gasteiger partial charge in [0.25, 0.3) is 0 Å². The minimum atomic E-state index is -4.42. The topological polar surface area (TPSA) is 50.4 Å². The lowest BCUT2D eigenvalue weighted by atomic mass is 9.86. The second kappa shape index (κ2) is 6.82. The molecule has 1 aliphatic carbocycles. The Morgan fingerprint density at radius 3 is 2.38 bits per heavy atom. The van der Waals surface area contributed by atoms with Gasteiger partial charge in [0.1, 0.15) is 5.60 Å². The van der Waals surface area contributed by atoms with Crippen LogP contribution in [0, 0.1) is 0 Å². The molecule has 0 bridgehead atoms. The molecule has 4 nitrogen and oxygen atoms in total. The van der Waals surface area contributed by atoms with Gasteiger partial charge in [0, 0.05) is 22.2 Å². The van der Waals surface area contributed by atoms with E-state index in [0.29, 0.717) is 17.3 Å². The molecule has 1 amide bonds. The number of hydrogen-bond acceptors (Lipinski definition) is 3. The Morgan fingerprint density at radius 2 is 1.83 bits per heavy atom. The van der Waals surface area contributed by atoms with Gasteiger partial charge in [-0.25, -0.2) is 4.79 Å². The average molecular weight is 409 g/mol. The molecule has 0 saturated heterocycles. The van der Waals surface area contributed by atoms with Gasteiger partial charge >= 0.3 is 12.3 Å². The molecule has 1 fully saturated rings. The first-order chi connectivity index (χ1) is 10.9. The number of halogens is 4. The highest BCUT2D eigenvalue weighted by Crippen LogP contribution is 2.38. The van der Waals surface area contributed by atoms with Crippen LogP contribution < -0.4 is 10.6 Å². The van der Waals surface area contributed by atoms with Gasteiger partial charge in [-0.3, -0.25) is 0 Å². The quantitative estimate of drug-likeness (QED) is 0.744. The summed E-state index contributed by atoms with van der Waals surface area (Å²) in [6.45, 7) is 5.30. The SMILES string of the molecule is CC(C)(C)OC(=O)NC1CC(Nc2cc(Br)ccc2C(F)(F)F)C1. The average Bonchev–Trinajstić information content (AvgIpc) is 2.32. The second-order valence-electron chi connectivity index (χ2n) is 6.84. The monoisotopic (exact) mass is 408 g/mol. The highest BCUT2D eigenvalue weighted by molar-refractivity contribution is 9.10. The molecule has 1 aliphatic rings. The number of anilines is 1. The lowest BCUT2D eigenvalue weighted by molar-refractivity contribution is -0.137. The molecule has 2 rings (SSSR count). The number of ether oxygens (including phenoxy) is 1. The molecule has 1 aromatic rings. The van der Waals surface area contributed by atoms with E-state index in [2.05, 4.69) is 26.6 Å². The van der Waals surface area contributed by atoms with E-state index in [4.69, 9.17) is 4.74 Å². The lowest BCUT2D eigenvalue weighted by Crippen LogP contribution is -2.50. The summed E-state index contributed by atoms with van der Waals surface area (Å²) in [6.07, 6.45) is -3.84. The van der Waals surface area contributed by atoms with Gasteiger partial charge in [-0.2, -0.15) is 13.2 Å². The summed E-state index contributed by atoms with van der Waals surface area (Å²) in [6, 6.07) is 3.60. The molecule has 0 aliphatic heterocycles. The summed E-state index contributed by atoms with van der Waals surface area (Å²) in [5.41, 5.74) is -1.24. The van der Waals surface area contributed by atoms with Crippen LogP contribution in [0.5, 0.6) is 0 Å². The van der Waals surface area contributed by atoms with Crippen molar-refractivity contribution >= 4 is 27.7 Å². The van der Waals surface area contributed by atoms with Gasteiger partial charge in [-0.15, -0.1) is 0 Å². The first kappa shape index (κ1) is 18.9. The fraction of sp³-hybridized carbons (Fsp3) is 0.562. The van der Waals surface area contributed by atoms with E-state index < -0.39 is 23.4 Å². The summed E-state index contributed by atoms with van der Waals surface area (Å²) in [7, 11) is 0. The first-order valence-corrected chi connectivity index (χ1v) is 8.36. The van der Waals surface area contributed by atoms with Crippen molar-refractivity contribution in [1.82, 2.24) is 5.32 Å². The van der Waals surface area contributed by atoms with Crippen LogP contribution in [0.3, 0.4) is 0 Å². The van der Waals surface area contributed by atoms with Gasteiger partial charge in [-0.1, -0.05) is 15.9 Å². The van der Waals surface area contributed by atoms with Gasteiger partial charge < -0.3 is 15.4 Å². The van der Waals surface area contributed by atoms with Crippen LogP contribution in [0.4, 0.5) is 23.7 Å². The smallest absolute Gasteiger partial charge is 0.418 e. The highest BCUT2D eigenvalue weighted by Gasteiger charge is 2.36. The molecular formula is C16H20BrF3N2O2. The molecule has 0 atom stereocenters.